The van der Waals surface area contributed by atoms with Crippen LogP contribution in [0.15, 0.2) is 30.3 Å². The summed E-state index contributed by atoms with van der Waals surface area (Å²) < 4.78 is 27.4. The fourth-order valence-electron chi connectivity index (χ4n) is 3.46. The van der Waals surface area contributed by atoms with Gasteiger partial charge in [0.1, 0.15) is 13.2 Å². The van der Waals surface area contributed by atoms with Gasteiger partial charge in [-0.1, -0.05) is 6.07 Å². The van der Waals surface area contributed by atoms with Crippen molar-refractivity contribution < 1.29 is 28.5 Å². The number of aromatic nitrogens is 1. The number of anilines is 1. The molecule has 3 aromatic rings. The standard InChI is InChI=1S/C22H20N2O6S/c1-12-19(8-13-3-4-15-16(7-13)30-11-29-15)31-22(23-12)24-21(25)14-9-17(26-2)20-18(10-14)27-5-6-28-20/h3-4,7,9-10H,5-6,8,11H2,1-2H3,(H,23,24,25). The van der Waals surface area contributed by atoms with E-state index in [4.69, 9.17) is 23.7 Å². The molecule has 2 aliphatic rings. The summed E-state index contributed by atoms with van der Waals surface area (Å²) in [7, 11) is 1.53. The van der Waals surface area contributed by atoms with Crippen molar-refractivity contribution in [1.82, 2.24) is 4.98 Å². The lowest BCUT2D eigenvalue weighted by molar-refractivity contribution is 0.102. The lowest BCUT2D eigenvalue weighted by Crippen LogP contribution is -2.18. The molecule has 9 heteroatoms. The van der Waals surface area contributed by atoms with Gasteiger partial charge in [0.25, 0.3) is 5.91 Å². The van der Waals surface area contributed by atoms with Gasteiger partial charge in [0.2, 0.25) is 12.5 Å². The van der Waals surface area contributed by atoms with Crippen LogP contribution in [0.4, 0.5) is 5.13 Å². The van der Waals surface area contributed by atoms with E-state index < -0.39 is 0 Å². The number of nitrogens with zero attached hydrogens (tertiary/aromatic N) is 1. The second-order valence-corrected chi connectivity index (χ2v) is 8.13. The number of methoxy groups -OCH3 is 1. The van der Waals surface area contributed by atoms with Crippen molar-refractivity contribution in [3.05, 3.63) is 52.0 Å². The molecule has 5 rings (SSSR count). The molecule has 0 bridgehead atoms. The first kappa shape index (κ1) is 19.5. The van der Waals surface area contributed by atoms with Gasteiger partial charge in [-0.3, -0.25) is 10.1 Å². The summed E-state index contributed by atoms with van der Waals surface area (Å²) in [6.45, 7) is 3.05. The Morgan fingerprint density at radius 3 is 2.81 bits per heavy atom. The zero-order valence-electron chi connectivity index (χ0n) is 17.0. The summed E-state index contributed by atoms with van der Waals surface area (Å²) in [6.07, 6.45) is 0.688. The van der Waals surface area contributed by atoms with E-state index in [0.717, 1.165) is 27.6 Å². The fourth-order valence-corrected chi connectivity index (χ4v) is 4.45. The lowest BCUT2D eigenvalue weighted by Gasteiger charge is -2.21. The van der Waals surface area contributed by atoms with E-state index >= 15 is 0 Å². The number of rotatable bonds is 5. The van der Waals surface area contributed by atoms with Crippen LogP contribution in [0.1, 0.15) is 26.5 Å². The molecule has 31 heavy (non-hydrogen) atoms. The summed E-state index contributed by atoms with van der Waals surface area (Å²) in [5.41, 5.74) is 2.37. The van der Waals surface area contributed by atoms with E-state index in [1.54, 1.807) is 12.1 Å². The van der Waals surface area contributed by atoms with Crippen LogP contribution in [0.3, 0.4) is 0 Å². The molecule has 0 fully saturated rings. The molecule has 0 saturated heterocycles. The first-order chi connectivity index (χ1) is 15.1. The molecule has 0 unspecified atom stereocenters. The molecule has 0 radical (unpaired) electrons. The van der Waals surface area contributed by atoms with E-state index in [-0.39, 0.29) is 12.7 Å². The minimum absolute atomic E-state index is 0.249. The predicted molar refractivity (Wildman–Crippen MR) is 114 cm³/mol. The Morgan fingerprint density at radius 1 is 1.10 bits per heavy atom. The topological polar surface area (TPSA) is 88.1 Å². The molecule has 1 aromatic heterocycles. The van der Waals surface area contributed by atoms with Crippen molar-refractivity contribution in [2.75, 3.05) is 32.4 Å². The van der Waals surface area contributed by atoms with Crippen LogP contribution in [0, 0.1) is 6.92 Å². The third-order valence-electron chi connectivity index (χ3n) is 5.00. The molecule has 3 heterocycles. The van der Waals surface area contributed by atoms with Gasteiger partial charge in [-0.2, -0.15) is 0 Å². The van der Waals surface area contributed by atoms with E-state index in [0.29, 0.717) is 47.6 Å². The molecular formula is C22H20N2O6S. The molecule has 0 atom stereocenters. The molecule has 8 nitrogen and oxygen atoms in total. The van der Waals surface area contributed by atoms with Gasteiger partial charge in [-0.25, -0.2) is 4.98 Å². The first-order valence-electron chi connectivity index (χ1n) is 9.74. The van der Waals surface area contributed by atoms with Gasteiger partial charge in [-0.15, -0.1) is 11.3 Å². The Hall–Kier alpha value is -3.46. The number of amides is 1. The van der Waals surface area contributed by atoms with E-state index in [9.17, 15) is 4.79 Å². The Morgan fingerprint density at radius 2 is 1.94 bits per heavy atom. The summed E-state index contributed by atoms with van der Waals surface area (Å²) >= 11 is 1.45. The van der Waals surface area contributed by atoms with E-state index in [2.05, 4.69) is 10.3 Å². The number of hydrogen-bond acceptors (Lipinski definition) is 8. The van der Waals surface area contributed by atoms with Crippen molar-refractivity contribution in [2.24, 2.45) is 0 Å². The SMILES string of the molecule is COc1cc(C(=O)Nc2nc(C)c(Cc3ccc4c(c3)OCO4)s2)cc2c1OCCO2. The van der Waals surface area contributed by atoms with Crippen molar-refractivity contribution in [2.45, 2.75) is 13.3 Å². The molecule has 2 aromatic carbocycles. The van der Waals surface area contributed by atoms with Crippen LogP contribution in [-0.2, 0) is 6.42 Å². The normalized spacial score (nSPS) is 13.7. The lowest BCUT2D eigenvalue weighted by atomic mass is 10.1. The number of carbonyl (C=O) groups is 1. The molecule has 0 spiro atoms. The second kappa shape index (κ2) is 7.99. The maximum absolute atomic E-state index is 12.8. The number of ether oxygens (including phenoxy) is 5. The number of nitrogens with one attached hydrogen (secondary N) is 1. The van der Waals surface area contributed by atoms with Crippen LogP contribution in [0.25, 0.3) is 0 Å². The largest absolute Gasteiger partial charge is 0.493 e. The van der Waals surface area contributed by atoms with Crippen molar-refractivity contribution in [3.63, 3.8) is 0 Å². The smallest absolute Gasteiger partial charge is 0.257 e. The summed E-state index contributed by atoms with van der Waals surface area (Å²) in [5.74, 6) is 2.68. The average Bonchev–Trinajstić information content (AvgIpc) is 3.38. The second-order valence-electron chi connectivity index (χ2n) is 7.05. The third-order valence-corrected chi connectivity index (χ3v) is 6.08. The molecule has 2 aliphatic heterocycles. The van der Waals surface area contributed by atoms with Crippen LogP contribution in [0.5, 0.6) is 28.7 Å². The minimum atomic E-state index is -0.293. The number of thiazole rings is 1. The van der Waals surface area contributed by atoms with Crippen LogP contribution in [0.2, 0.25) is 0 Å². The number of fused-ring (bicyclic) bond motifs is 2. The highest BCUT2D eigenvalue weighted by atomic mass is 32.1. The molecule has 160 valence electrons. The minimum Gasteiger partial charge on any atom is -0.493 e. The highest BCUT2D eigenvalue weighted by Crippen LogP contribution is 2.40. The van der Waals surface area contributed by atoms with E-state index in [1.807, 2.05) is 25.1 Å². The van der Waals surface area contributed by atoms with Crippen molar-refractivity contribution in [3.8, 4) is 28.7 Å². The van der Waals surface area contributed by atoms with Gasteiger partial charge in [0.15, 0.2) is 28.1 Å². The predicted octanol–water partition coefficient (Wildman–Crippen LogP) is 3.80. The monoisotopic (exact) mass is 440 g/mol. The molecule has 1 amide bonds. The number of benzene rings is 2. The Bertz CT molecular complexity index is 1140. The van der Waals surface area contributed by atoms with Crippen molar-refractivity contribution >= 4 is 22.4 Å². The number of aryl methyl sites for hydroxylation is 1. The highest BCUT2D eigenvalue weighted by Gasteiger charge is 2.22. The Kier molecular flexibility index (Phi) is 5.03. The molecule has 0 aliphatic carbocycles. The van der Waals surface area contributed by atoms with E-state index in [1.165, 1.54) is 18.4 Å². The van der Waals surface area contributed by atoms with Crippen LogP contribution in [-0.4, -0.2) is 38.0 Å². The maximum atomic E-state index is 12.8. The first-order valence-corrected chi connectivity index (χ1v) is 10.6. The average molecular weight is 440 g/mol. The maximum Gasteiger partial charge on any atom is 0.257 e. The summed E-state index contributed by atoms with van der Waals surface area (Å²) in [4.78, 5) is 18.4. The quantitative estimate of drug-likeness (QED) is 0.646. The fraction of sp³-hybridized carbons (Fsp3) is 0.273. The zero-order chi connectivity index (χ0) is 21.4. The van der Waals surface area contributed by atoms with Gasteiger partial charge in [-0.05, 0) is 36.8 Å². The van der Waals surface area contributed by atoms with Gasteiger partial charge in [0, 0.05) is 16.9 Å². The number of hydrogen-bond donors (Lipinski definition) is 1. The van der Waals surface area contributed by atoms with Crippen molar-refractivity contribution in [1.29, 1.82) is 0 Å². The summed E-state index contributed by atoms with van der Waals surface area (Å²) in [5, 5.41) is 3.41. The zero-order valence-corrected chi connectivity index (χ0v) is 17.8. The highest BCUT2D eigenvalue weighted by molar-refractivity contribution is 7.15. The van der Waals surface area contributed by atoms with Gasteiger partial charge in [0.05, 0.1) is 12.8 Å². The molecule has 0 saturated carbocycles. The Labute approximate surface area is 182 Å². The summed E-state index contributed by atoms with van der Waals surface area (Å²) in [6, 6.07) is 9.18. The number of carbonyl (C=O) groups excluding carboxylic acids is 1. The van der Waals surface area contributed by atoms with Gasteiger partial charge < -0.3 is 23.7 Å². The molecule has 1 N–H and O–H groups in total. The van der Waals surface area contributed by atoms with Crippen LogP contribution >= 0.6 is 11.3 Å². The third kappa shape index (κ3) is 3.84. The van der Waals surface area contributed by atoms with Gasteiger partial charge >= 0.3 is 0 Å². The molecular weight excluding hydrogens is 420 g/mol. The Balaban J connectivity index is 1.33. The van der Waals surface area contributed by atoms with Crippen LogP contribution < -0.4 is 29.0 Å².